The van der Waals surface area contributed by atoms with Gasteiger partial charge in [-0.2, -0.15) is 0 Å². The highest BCUT2D eigenvalue weighted by Crippen LogP contribution is 2.31. The van der Waals surface area contributed by atoms with Gasteiger partial charge in [0.25, 0.3) is 0 Å². The normalized spacial score (nSPS) is 28.5. The van der Waals surface area contributed by atoms with Gasteiger partial charge in [0.15, 0.2) is 0 Å². The van der Waals surface area contributed by atoms with Gasteiger partial charge in [0.2, 0.25) is 0 Å². The number of nitrogens with one attached hydrogen (secondary N) is 1. The number of rotatable bonds is 1. The highest BCUT2D eigenvalue weighted by atomic mass is 16.3. The van der Waals surface area contributed by atoms with Gasteiger partial charge in [-0.25, -0.2) is 0 Å². The van der Waals surface area contributed by atoms with Gasteiger partial charge in [-0.15, -0.1) is 0 Å². The Bertz CT molecular complexity index is 405. The summed E-state index contributed by atoms with van der Waals surface area (Å²) in [4.78, 5) is 2.29. The van der Waals surface area contributed by atoms with Crippen LogP contribution in [0.4, 0.5) is 5.69 Å². The van der Waals surface area contributed by atoms with Gasteiger partial charge in [0.05, 0.1) is 12.1 Å². The van der Waals surface area contributed by atoms with Crippen molar-refractivity contribution in [1.29, 1.82) is 0 Å². The lowest BCUT2D eigenvalue weighted by Gasteiger charge is -2.17. The fraction of sp³-hybridized carbons (Fsp3) is 0.538. The summed E-state index contributed by atoms with van der Waals surface area (Å²) in [6, 6.07) is 6.72. The summed E-state index contributed by atoms with van der Waals surface area (Å²) in [6.45, 7) is 2.03. The van der Waals surface area contributed by atoms with Gasteiger partial charge in [0.1, 0.15) is 0 Å². The average Bonchev–Trinajstić information content (AvgIpc) is 2.86. The summed E-state index contributed by atoms with van der Waals surface area (Å²) in [5, 5.41) is 13.2. The minimum absolute atomic E-state index is 0.135. The van der Waals surface area contributed by atoms with Crippen molar-refractivity contribution in [2.75, 3.05) is 25.0 Å². The third kappa shape index (κ3) is 1.51. The molecule has 3 nitrogen and oxygen atoms in total. The molecule has 2 aliphatic heterocycles. The molecule has 0 amide bonds. The number of fused-ring (bicyclic) bond motifs is 1. The number of hydrogen-bond acceptors (Lipinski definition) is 3. The summed E-state index contributed by atoms with van der Waals surface area (Å²) in [6.07, 6.45) is 1.77. The smallest absolute Gasteiger partial charge is 0.0747 e. The summed E-state index contributed by atoms with van der Waals surface area (Å²) in [5.74, 6) is 0. The number of nitrogens with zero attached hydrogens (tertiary/aromatic N) is 1. The molecule has 1 saturated heterocycles. The maximum Gasteiger partial charge on any atom is 0.0747 e. The molecule has 2 N–H and O–H groups in total. The minimum Gasteiger partial charge on any atom is -0.391 e. The third-order valence-electron chi connectivity index (χ3n) is 3.78. The molecule has 0 spiro atoms. The Morgan fingerprint density at radius 3 is 3.06 bits per heavy atom. The number of aliphatic hydroxyl groups excluding tert-OH is 1. The van der Waals surface area contributed by atoms with E-state index in [1.54, 1.807) is 0 Å². The van der Waals surface area contributed by atoms with E-state index in [1.807, 2.05) is 0 Å². The molecule has 86 valence electrons. The molecule has 2 aliphatic rings. The average molecular weight is 218 g/mol. The zero-order chi connectivity index (χ0) is 11.1. The zero-order valence-electron chi connectivity index (χ0n) is 9.61. The second-order valence-electron chi connectivity index (χ2n) is 4.85. The minimum atomic E-state index is -0.225. The van der Waals surface area contributed by atoms with E-state index in [0.717, 1.165) is 25.9 Å². The highest BCUT2D eigenvalue weighted by Gasteiger charge is 2.27. The largest absolute Gasteiger partial charge is 0.391 e. The van der Waals surface area contributed by atoms with Gasteiger partial charge in [0, 0.05) is 19.3 Å². The molecule has 0 bridgehead atoms. The Morgan fingerprint density at radius 2 is 2.31 bits per heavy atom. The molecule has 0 aliphatic carbocycles. The third-order valence-corrected chi connectivity index (χ3v) is 3.78. The van der Waals surface area contributed by atoms with Crippen molar-refractivity contribution in [3.63, 3.8) is 0 Å². The second-order valence-corrected chi connectivity index (χ2v) is 4.85. The lowest BCUT2D eigenvalue weighted by atomic mass is 9.99. The summed E-state index contributed by atoms with van der Waals surface area (Å²) in [5.41, 5.74) is 4.00. The first kappa shape index (κ1) is 10.1. The van der Waals surface area contributed by atoms with Crippen molar-refractivity contribution >= 4 is 5.69 Å². The highest BCUT2D eigenvalue weighted by molar-refractivity contribution is 5.58. The van der Waals surface area contributed by atoms with Crippen LogP contribution in [-0.4, -0.2) is 31.3 Å². The maximum atomic E-state index is 9.87. The quantitative estimate of drug-likeness (QED) is 0.740. The first-order valence-corrected chi connectivity index (χ1v) is 6.01. The molecule has 1 aromatic rings. The SMILES string of the molecule is CN1CCc2cc(C3NCCC3O)ccc21. The van der Waals surface area contributed by atoms with Crippen molar-refractivity contribution in [3.05, 3.63) is 29.3 Å². The summed E-state index contributed by atoms with van der Waals surface area (Å²) >= 11 is 0. The van der Waals surface area contributed by atoms with Gasteiger partial charge in [-0.1, -0.05) is 12.1 Å². The maximum absolute atomic E-state index is 9.87. The summed E-state index contributed by atoms with van der Waals surface area (Å²) in [7, 11) is 2.13. The standard InChI is InChI=1S/C13H18N2O/c1-15-7-5-9-8-10(2-3-11(9)15)13-12(16)4-6-14-13/h2-3,8,12-14,16H,4-7H2,1H3. The van der Waals surface area contributed by atoms with Crippen LogP contribution in [0.2, 0.25) is 0 Å². The van der Waals surface area contributed by atoms with E-state index in [0.29, 0.717) is 0 Å². The Balaban J connectivity index is 1.92. The molecule has 0 aromatic heterocycles. The molecule has 16 heavy (non-hydrogen) atoms. The molecule has 0 saturated carbocycles. The first-order valence-electron chi connectivity index (χ1n) is 6.01. The topological polar surface area (TPSA) is 35.5 Å². The van der Waals surface area contributed by atoms with Crippen LogP contribution in [0.15, 0.2) is 18.2 Å². The molecule has 1 aromatic carbocycles. The number of hydrogen-bond donors (Lipinski definition) is 2. The van der Waals surface area contributed by atoms with E-state index in [-0.39, 0.29) is 12.1 Å². The van der Waals surface area contributed by atoms with Crippen molar-refractivity contribution < 1.29 is 5.11 Å². The van der Waals surface area contributed by atoms with Crippen LogP contribution in [0.3, 0.4) is 0 Å². The Kier molecular flexibility index (Phi) is 2.37. The monoisotopic (exact) mass is 218 g/mol. The molecular formula is C13H18N2O. The Labute approximate surface area is 96.1 Å². The lowest BCUT2D eigenvalue weighted by molar-refractivity contribution is 0.160. The van der Waals surface area contributed by atoms with Gasteiger partial charge in [-0.05, 0) is 36.6 Å². The predicted molar refractivity (Wildman–Crippen MR) is 64.8 cm³/mol. The number of benzene rings is 1. The number of anilines is 1. The van der Waals surface area contributed by atoms with E-state index in [4.69, 9.17) is 0 Å². The Hall–Kier alpha value is -1.06. The van der Waals surface area contributed by atoms with Gasteiger partial charge >= 0.3 is 0 Å². The molecule has 3 heteroatoms. The van der Waals surface area contributed by atoms with Crippen molar-refractivity contribution in [1.82, 2.24) is 5.32 Å². The predicted octanol–water partition coefficient (Wildman–Crippen LogP) is 1.07. The van der Waals surface area contributed by atoms with Crippen molar-refractivity contribution in [2.24, 2.45) is 0 Å². The van der Waals surface area contributed by atoms with Crippen LogP contribution in [0.1, 0.15) is 23.6 Å². The second kappa shape index (κ2) is 3.75. The van der Waals surface area contributed by atoms with Crippen LogP contribution in [0.25, 0.3) is 0 Å². The van der Waals surface area contributed by atoms with E-state index in [1.165, 1.54) is 16.8 Å². The number of aliphatic hydroxyl groups is 1. The first-order chi connectivity index (χ1) is 7.75. The van der Waals surface area contributed by atoms with Gasteiger partial charge in [-0.3, -0.25) is 0 Å². The van der Waals surface area contributed by atoms with E-state index < -0.39 is 0 Å². The van der Waals surface area contributed by atoms with E-state index in [9.17, 15) is 5.11 Å². The fourth-order valence-electron chi connectivity index (χ4n) is 2.81. The van der Waals surface area contributed by atoms with Gasteiger partial charge < -0.3 is 15.3 Å². The van der Waals surface area contributed by atoms with Crippen LogP contribution in [-0.2, 0) is 6.42 Å². The summed E-state index contributed by atoms with van der Waals surface area (Å²) < 4.78 is 0. The van der Waals surface area contributed by atoms with E-state index in [2.05, 4.69) is 35.5 Å². The molecule has 1 fully saturated rings. The molecule has 3 rings (SSSR count). The molecule has 2 unspecified atom stereocenters. The zero-order valence-corrected chi connectivity index (χ0v) is 9.61. The van der Waals surface area contributed by atoms with Crippen molar-refractivity contribution in [2.45, 2.75) is 25.0 Å². The Morgan fingerprint density at radius 1 is 1.44 bits per heavy atom. The van der Waals surface area contributed by atoms with E-state index >= 15 is 0 Å². The fourth-order valence-corrected chi connectivity index (χ4v) is 2.81. The molecule has 2 heterocycles. The van der Waals surface area contributed by atoms with Crippen molar-refractivity contribution in [3.8, 4) is 0 Å². The van der Waals surface area contributed by atoms with Crippen LogP contribution >= 0.6 is 0 Å². The number of likely N-dealkylation sites (N-methyl/N-ethyl adjacent to an activating group) is 1. The van der Waals surface area contributed by atoms with Crippen LogP contribution < -0.4 is 10.2 Å². The lowest BCUT2D eigenvalue weighted by Crippen LogP contribution is -2.21. The van der Waals surface area contributed by atoms with Crippen LogP contribution in [0.5, 0.6) is 0 Å². The molecule has 0 radical (unpaired) electrons. The van der Waals surface area contributed by atoms with Crippen LogP contribution in [0, 0.1) is 0 Å². The molecular weight excluding hydrogens is 200 g/mol. The molecule has 2 atom stereocenters.